The van der Waals surface area contributed by atoms with E-state index in [1.54, 1.807) is 9.25 Å². The van der Waals surface area contributed by atoms with Crippen LogP contribution in [0.3, 0.4) is 0 Å². The van der Waals surface area contributed by atoms with Gasteiger partial charge in [-0.2, -0.15) is 5.21 Å². The molecule has 168 valence electrons. The van der Waals surface area contributed by atoms with Gasteiger partial charge in [0.15, 0.2) is 0 Å². The molecule has 0 bridgehead atoms. The molecule has 0 fully saturated rings. The first kappa shape index (κ1) is 22.2. The lowest BCUT2D eigenvalue weighted by molar-refractivity contribution is 0.531. The monoisotopic (exact) mass is 441 g/mol. The summed E-state index contributed by atoms with van der Waals surface area (Å²) >= 11 is 0. The number of aryl methyl sites for hydroxylation is 1. The second-order valence-electron chi connectivity index (χ2n) is 7.79. The van der Waals surface area contributed by atoms with Gasteiger partial charge in [0.2, 0.25) is 11.6 Å². The number of aromatic nitrogens is 7. The molecule has 0 radical (unpaired) electrons. The molecule has 8 heteroatoms. The molecule has 0 spiro atoms. The second kappa shape index (κ2) is 10.6. The molecule has 0 aliphatic rings. The van der Waals surface area contributed by atoms with E-state index in [1.807, 2.05) is 43.3 Å². The molecule has 4 aromatic rings. The van der Waals surface area contributed by atoms with Crippen LogP contribution in [0.4, 0.5) is 0 Å². The molecule has 0 aliphatic carbocycles. The average Bonchev–Trinajstić information content (AvgIpc) is 3.48. The van der Waals surface area contributed by atoms with Crippen molar-refractivity contribution in [2.24, 2.45) is 0 Å². The van der Waals surface area contributed by atoms with Crippen LogP contribution >= 0.6 is 0 Å². The number of unbranched alkanes of at least 4 members (excludes halogenated alkanes) is 2. The van der Waals surface area contributed by atoms with Gasteiger partial charge in [-0.25, -0.2) is 9.48 Å². The lowest BCUT2D eigenvalue weighted by atomic mass is 10.0. The standard InChI is InChI=1S/C25H27N7O/c1-3-5-7-16-32-25(33)31(23(28-32)11-6-4-2)18-19-12-14-20(15-13-19)21-9-8-10-22(17-21)24-26-29-30-27-24/h8-10,12-15,17H,3-5,7,16,18H2,1-2H3,(H,26,27,29,30). The number of hydrogen-bond acceptors (Lipinski definition) is 5. The van der Waals surface area contributed by atoms with Crippen molar-refractivity contribution in [3.8, 4) is 34.4 Å². The highest BCUT2D eigenvalue weighted by molar-refractivity contribution is 5.70. The van der Waals surface area contributed by atoms with Crippen molar-refractivity contribution in [3.63, 3.8) is 0 Å². The van der Waals surface area contributed by atoms with Gasteiger partial charge >= 0.3 is 5.69 Å². The Balaban J connectivity index is 1.57. The van der Waals surface area contributed by atoms with E-state index in [0.29, 0.717) is 31.2 Å². The van der Waals surface area contributed by atoms with Gasteiger partial charge in [0.25, 0.3) is 0 Å². The van der Waals surface area contributed by atoms with Gasteiger partial charge in [-0.3, -0.25) is 4.57 Å². The lowest BCUT2D eigenvalue weighted by Crippen LogP contribution is -2.25. The molecule has 0 aliphatic heterocycles. The number of H-pyrrole nitrogens is 1. The van der Waals surface area contributed by atoms with Gasteiger partial charge in [0.1, 0.15) is 0 Å². The molecule has 0 atom stereocenters. The molecule has 0 saturated heterocycles. The number of rotatable bonds is 8. The summed E-state index contributed by atoms with van der Waals surface area (Å²) in [7, 11) is 0. The second-order valence-corrected chi connectivity index (χ2v) is 7.79. The van der Waals surface area contributed by atoms with Gasteiger partial charge < -0.3 is 0 Å². The molecule has 2 heterocycles. The van der Waals surface area contributed by atoms with Crippen molar-refractivity contribution in [2.45, 2.75) is 52.6 Å². The van der Waals surface area contributed by atoms with Crippen molar-refractivity contribution in [1.29, 1.82) is 0 Å². The van der Waals surface area contributed by atoms with Crippen LogP contribution in [0.25, 0.3) is 22.5 Å². The highest BCUT2D eigenvalue weighted by Crippen LogP contribution is 2.24. The van der Waals surface area contributed by atoms with Crippen molar-refractivity contribution in [3.05, 3.63) is 70.4 Å². The first-order valence-corrected chi connectivity index (χ1v) is 11.3. The van der Waals surface area contributed by atoms with Crippen LogP contribution in [0.5, 0.6) is 0 Å². The van der Waals surface area contributed by atoms with Gasteiger partial charge in [-0.15, -0.1) is 15.3 Å². The molecule has 0 unspecified atom stereocenters. The maximum absolute atomic E-state index is 13.0. The summed E-state index contributed by atoms with van der Waals surface area (Å²) in [5, 5.41) is 18.7. The highest BCUT2D eigenvalue weighted by Gasteiger charge is 2.12. The van der Waals surface area contributed by atoms with Crippen LogP contribution in [-0.4, -0.2) is 35.0 Å². The summed E-state index contributed by atoms with van der Waals surface area (Å²) < 4.78 is 3.22. The maximum atomic E-state index is 13.0. The Morgan fingerprint density at radius 1 is 1.00 bits per heavy atom. The van der Waals surface area contributed by atoms with Gasteiger partial charge in [-0.05, 0) is 40.3 Å². The first-order valence-electron chi connectivity index (χ1n) is 11.3. The molecule has 8 nitrogen and oxygen atoms in total. The van der Waals surface area contributed by atoms with Gasteiger partial charge in [0.05, 0.1) is 6.54 Å². The van der Waals surface area contributed by atoms with Crippen molar-refractivity contribution >= 4 is 0 Å². The largest absolute Gasteiger partial charge is 0.347 e. The summed E-state index contributed by atoms with van der Waals surface area (Å²) in [6.07, 6.45) is 3.83. The number of aromatic amines is 1. The number of nitrogens with one attached hydrogen (secondary N) is 1. The molecule has 0 saturated carbocycles. The average molecular weight is 442 g/mol. The molecule has 1 N–H and O–H groups in total. The third-order valence-electron chi connectivity index (χ3n) is 5.37. The van der Waals surface area contributed by atoms with Gasteiger partial charge in [-0.1, -0.05) is 75.1 Å². The van der Waals surface area contributed by atoms with E-state index in [2.05, 4.69) is 56.6 Å². The molecular weight excluding hydrogens is 414 g/mol. The SMILES string of the molecule is CCC#Cc1nn(CCCCC)c(=O)n1Cc1ccc(-c2cccc(-c3nn[nH]n3)c2)cc1. The van der Waals surface area contributed by atoms with Crippen molar-refractivity contribution in [1.82, 2.24) is 35.0 Å². The predicted octanol–water partition coefficient (Wildman–Crippen LogP) is 3.89. The van der Waals surface area contributed by atoms with Crippen LogP contribution in [0, 0.1) is 11.8 Å². The number of tetrazole rings is 1. The number of benzene rings is 2. The quantitative estimate of drug-likeness (QED) is 0.331. The third kappa shape index (κ3) is 5.26. The Kier molecular flexibility index (Phi) is 7.10. The fraction of sp³-hybridized carbons (Fsp3) is 0.320. The smallest absolute Gasteiger partial charge is 0.264 e. The van der Waals surface area contributed by atoms with E-state index in [1.165, 1.54) is 0 Å². The summed E-state index contributed by atoms with van der Waals surface area (Å²) in [5.41, 5.74) is 3.93. The van der Waals surface area contributed by atoms with Crippen LogP contribution < -0.4 is 5.69 Å². The Morgan fingerprint density at radius 2 is 1.82 bits per heavy atom. The zero-order valence-electron chi connectivity index (χ0n) is 19.0. The van der Waals surface area contributed by atoms with E-state index in [0.717, 1.165) is 41.5 Å². The van der Waals surface area contributed by atoms with Gasteiger partial charge in [0, 0.05) is 18.5 Å². The van der Waals surface area contributed by atoms with E-state index >= 15 is 0 Å². The van der Waals surface area contributed by atoms with E-state index in [9.17, 15) is 4.79 Å². The maximum Gasteiger partial charge on any atom is 0.347 e. The molecule has 33 heavy (non-hydrogen) atoms. The zero-order chi connectivity index (χ0) is 23.0. The third-order valence-corrected chi connectivity index (χ3v) is 5.37. The topological polar surface area (TPSA) is 94.3 Å². The summed E-state index contributed by atoms with van der Waals surface area (Å²) in [6, 6.07) is 16.2. The summed E-state index contributed by atoms with van der Waals surface area (Å²) in [4.78, 5) is 13.0. The van der Waals surface area contributed by atoms with Crippen LogP contribution in [0.1, 0.15) is 50.9 Å². The minimum atomic E-state index is -0.108. The fourth-order valence-electron chi connectivity index (χ4n) is 3.61. The lowest BCUT2D eigenvalue weighted by Gasteiger charge is -2.07. The number of hydrogen-bond donors (Lipinski definition) is 1. The molecule has 2 aromatic heterocycles. The van der Waals surface area contributed by atoms with E-state index in [-0.39, 0.29) is 5.69 Å². The van der Waals surface area contributed by atoms with E-state index < -0.39 is 0 Å². The Bertz CT molecular complexity index is 1310. The van der Waals surface area contributed by atoms with Crippen molar-refractivity contribution in [2.75, 3.05) is 0 Å². The molecule has 4 rings (SSSR count). The number of nitrogens with zero attached hydrogens (tertiary/aromatic N) is 6. The zero-order valence-corrected chi connectivity index (χ0v) is 19.0. The fourth-order valence-corrected chi connectivity index (χ4v) is 3.61. The van der Waals surface area contributed by atoms with Crippen LogP contribution in [0.15, 0.2) is 53.3 Å². The molecule has 2 aromatic carbocycles. The molecular formula is C25H27N7O. The predicted molar refractivity (Wildman–Crippen MR) is 127 cm³/mol. The normalized spacial score (nSPS) is 10.7. The summed E-state index contributed by atoms with van der Waals surface area (Å²) in [5.74, 6) is 7.18. The highest BCUT2D eigenvalue weighted by atomic mass is 16.2. The van der Waals surface area contributed by atoms with E-state index in [4.69, 9.17) is 0 Å². The van der Waals surface area contributed by atoms with Crippen LogP contribution in [-0.2, 0) is 13.1 Å². The Hall–Kier alpha value is -3.99. The first-order chi connectivity index (χ1) is 16.2. The Morgan fingerprint density at radius 3 is 2.55 bits per heavy atom. The van der Waals surface area contributed by atoms with Crippen molar-refractivity contribution < 1.29 is 0 Å². The van der Waals surface area contributed by atoms with Crippen LogP contribution in [0.2, 0.25) is 0 Å². The minimum absolute atomic E-state index is 0.108. The minimum Gasteiger partial charge on any atom is -0.264 e. The molecule has 0 amide bonds. The Labute approximate surface area is 192 Å². The summed E-state index contributed by atoms with van der Waals surface area (Å²) in [6.45, 7) is 5.18.